The van der Waals surface area contributed by atoms with Gasteiger partial charge in [-0.2, -0.15) is 13.2 Å². The van der Waals surface area contributed by atoms with E-state index in [0.717, 1.165) is 18.2 Å². The maximum atomic E-state index is 12.4. The summed E-state index contributed by atoms with van der Waals surface area (Å²) in [6, 6.07) is 2.90. The van der Waals surface area contributed by atoms with Gasteiger partial charge in [0.1, 0.15) is 11.8 Å². The Morgan fingerprint density at radius 2 is 2.00 bits per heavy atom. The average Bonchev–Trinajstić information content (AvgIpc) is 2.26. The first-order valence-electron chi connectivity index (χ1n) is 4.90. The number of aliphatic hydroxyl groups is 2. The molecule has 0 aromatic carbocycles. The molecule has 2 atom stereocenters. The Labute approximate surface area is 100 Å². The summed E-state index contributed by atoms with van der Waals surface area (Å²) >= 11 is 0. The second kappa shape index (κ2) is 5.32. The number of hydrogen-bond donors (Lipinski definition) is 3. The molecular weight excluding hydrogens is 253 g/mol. The molecule has 0 radical (unpaired) electrons. The van der Waals surface area contributed by atoms with E-state index in [1.165, 1.54) is 0 Å². The minimum Gasteiger partial charge on any atom is -0.389 e. The van der Waals surface area contributed by atoms with Crippen LogP contribution in [0.25, 0.3) is 0 Å². The van der Waals surface area contributed by atoms with Crippen molar-refractivity contribution in [1.29, 1.82) is 0 Å². The molecule has 0 aliphatic carbocycles. The molecule has 100 valence electrons. The van der Waals surface area contributed by atoms with Crippen LogP contribution in [0.3, 0.4) is 0 Å². The van der Waals surface area contributed by atoms with Crippen molar-refractivity contribution in [2.75, 3.05) is 0 Å². The maximum absolute atomic E-state index is 12.4. The van der Waals surface area contributed by atoms with Crippen LogP contribution in [0.15, 0.2) is 18.2 Å². The summed E-state index contributed by atoms with van der Waals surface area (Å²) in [5.41, 5.74) is 3.23. The first-order chi connectivity index (χ1) is 8.21. The van der Waals surface area contributed by atoms with Gasteiger partial charge < -0.3 is 15.9 Å². The fourth-order valence-electron chi connectivity index (χ4n) is 1.29. The Kier molecular flexibility index (Phi) is 4.25. The standard InChI is InChI=1S/C10H11F3N2O3/c11-10(12,13)7-3-1-2-5(15-7)9(18)6(16)4-8(14)17/h1-3,6,9,16,18H,4H2,(H2,14,17). The molecule has 1 aromatic rings. The average molecular weight is 264 g/mol. The molecule has 0 saturated carbocycles. The van der Waals surface area contributed by atoms with Crippen molar-refractivity contribution in [3.05, 3.63) is 29.6 Å². The number of nitrogens with two attached hydrogens (primary N) is 1. The number of amides is 1. The van der Waals surface area contributed by atoms with Crippen molar-refractivity contribution >= 4 is 5.91 Å². The van der Waals surface area contributed by atoms with Gasteiger partial charge in [0.25, 0.3) is 0 Å². The Morgan fingerprint density at radius 3 is 2.50 bits per heavy atom. The van der Waals surface area contributed by atoms with Gasteiger partial charge in [-0.15, -0.1) is 0 Å². The highest BCUT2D eigenvalue weighted by molar-refractivity contribution is 5.74. The van der Waals surface area contributed by atoms with Crippen LogP contribution in [0.5, 0.6) is 0 Å². The lowest BCUT2D eigenvalue weighted by Gasteiger charge is -2.17. The Morgan fingerprint density at radius 1 is 1.39 bits per heavy atom. The first-order valence-corrected chi connectivity index (χ1v) is 4.90. The monoisotopic (exact) mass is 264 g/mol. The summed E-state index contributed by atoms with van der Waals surface area (Å²) in [6.07, 6.45) is -8.53. The van der Waals surface area contributed by atoms with Crippen LogP contribution < -0.4 is 5.73 Å². The van der Waals surface area contributed by atoms with Gasteiger partial charge in [-0.3, -0.25) is 4.79 Å². The molecule has 1 heterocycles. The van der Waals surface area contributed by atoms with Gasteiger partial charge in [-0.1, -0.05) is 6.07 Å². The number of hydrogen-bond acceptors (Lipinski definition) is 4. The molecule has 1 amide bonds. The molecule has 0 aliphatic rings. The van der Waals surface area contributed by atoms with Crippen LogP contribution in [0.2, 0.25) is 0 Å². The third kappa shape index (κ3) is 3.67. The highest BCUT2D eigenvalue weighted by atomic mass is 19.4. The molecule has 0 fully saturated rings. The predicted octanol–water partition coefficient (Wildman–Crippen LogP) is 0.370. The second-order valence-electron chi connectivity index (χ2n) is 3.63. The molecular formula is C10H11F3N2O3. The van der Waals surface area contributed by atoms with E-state index in [1.807, 2.05) is 0 Å². The molecule has 0 bridgehead atoms. The SMILES string of the molecule is NC(=O)CC(O)C(O)c1cccc(C(F)(F)F)n1. The van der Waals surface area contributed by atoms with Crippen LogP contribution in [0.4, 0.5) is 13.2 Å². The highest BCUT2D eigenvalue weighted by Crippen LogP contribution is 2.28. The molecule has 0 saturated heterocycles. The molecule has 2 unspecified atom stereocenters. The van der Waals surface area contributed by atoms with Crippen molar-refractivity contribution in [2.24, 2.45) is 5.73 Å². The summed E-state index contributed by atoms with van der Waals surface area (Å²) in [5.74, 6) is -0.881. The van der Waals surface area contributed by atoms with E-state index in [0.29, 0.717) is 0 Å². The number of carbonyl (C=O) groups excluding carboxylic acids is 1. The van der Waals surface area contributed by atoms with Crippen molar-refractivity contribution in [3.63, 3.8) is 0 Å². The van der Waals surface area contributed by atoms with Gasteiger partial charge >= 0.3 is 6.18 Å². The van der Waals surface area contributed by atoms with E-state index in [4.69, 9.17) is 5.73 Å². The van der Waals surface area contributed by atoms with E-state index >= 15 is 0 Å². The summed E-state index contributed by atoms with van der Waals surface area (Å²) < 4.78 is 37.1. The Balaban J connectivity index is 2.93. The number of nitrogens with zero attached hydrogens (tertiary/aromatic N) is 1. The second-order valence-corrected chi connectivity index (χ2v) is 3.63. The van der Waals surface area contributed by atoms with Crippen LogP contribution in [0.1, 0.15) is 23.9 Å². The van der Waals surface area contributed by atoms with Gasteiger partial charge in [0.05, 0.1) is 18.2 Å². The summed E-state index contributed by atoms with van der Waals surface area (Å²) in [5, 5.41) is 18.9. The molecule has 0 spiro atoms. The van der Waals surface area contributed by atoms with Crippen molar-refractivity contribution in [3.8, 4) is 0 Å². The summed E-state index contributed by atoms with van der Waals surface area (Å²) in [4.78, 5) is 13.7. The van der Waals surface area contributed by atoms with Gasteiger partial charge in [0, 0.05) is 0 Å². The number of carbonyl (C=O) groups is 1. The first kappa shape index (κ1) is 14.4. The fraction of sp³-hybridized carbons (Fsp3) is 0.400. The number of pyridine rings is 1. The fourth-order valence-corrected chi connectivity index (χ4v) is 1.29. The van der Waals surface area contributed by atoms with Gasteiger partial charge in [-0.25, -0.2) is 4.98 Å². The summed E-state index contributed by atoms with van der Waals surface area (Å²) in [6.45, 7) is 0. The van der Waals surface area contributed by atoms with E-state index in [-0.39, 0.29) is 5.69 Å². The Bertz CT molecular complexity index is 437. The zero-order chi connectivity index (χ0) is 13.9. The van der Waals surface area contributed by atoms with Crippen molar-refractivity contribution < 1.29 is 28.2 Å². The van der Waals surface area contributed by atoms with Crippen LogP contribution >= 0.6 is 0 Å². The number of rotatable bonds is 4. The Hall–Kier alpha value is -1.67. The third-order valence-corrected chi connectivity index (χ3v) is 2.14. The number of primary amides is 1. The molecule has 18 heavy (non-hydrogen) atoms. The van der Waals surface area contributed by atoms with E-state index in [9.17, 15) is 28.2 Å². The molecule has 0 aliphatic heterocycles. The lowest BCUT2D eigenvalue weighted by Crippen LogP contribution is -2.26. The topological polar surface area (TPSA) is 96.4 Å². The van der Waals surface area contributed by atoms with Crippen molar-refractivity contribution in [1.82, 2.24) is 4.98 Å². The smallest absolute Gasteiger partial charge is 0.389 e. The number of aromatic nitrogens is 1. The van der Waals surface area contributed by atoms with Crippen LogP contribution in [-0.4, -0.2) is 27.2 Å². The minimum atomic E-state index is -4.65. The molecule has 8 heteroatoms. The summed E-state index contributed by atoms with van der Waals surface area (Å²) in [7, 11) is 0. The highest BCUT2D eigenvalue weighted by Gasteiger charge is 2.33. The normalized spacial score (nSPS) is 15.2. The third-order valence-electron chi connectivity index (χ3n) is 2.14. The zero-order valence-electron chi connectivity index (χ0n) is 9.05. The van der Waals surface area contributed by atoms with Crippen molar-refractivity contribution in [2.45, 2.75) is 24.8 Å². The van der Waals surface area contributed by atoms with Gasteiger partial charge in [-0.05, 0) is 12.1 Å². The lowest BCUT2D eigenvalue weighted by molar-refractivity contribution is -0.141. The zero-order valence-corrected chi connectivity index (χ0v) is 9.05. The van der Waals surface area contributed by atoms with E-state index in [2.05, 4.69) is 4.98 Å². The number of halogens is 3. The largest absolute Gasteiger partial charge is 0.433 e. The van der Waals surface area contributed by atoms with E-state index in [1.54, 1.807) is 0 Å². The molecule has 4 N–H and O–H groups in total. The maximum Gasteiger partial charge on any atom is 0.433 e. The molecule has 1 aromatic heterocycles. The number of aliphatic hydroxyl groups excluding tert-OH is 2. The quantitative estimate of drug-likeness (QED) is 0.732. The van der Waals surface area contributed by atoms with Crippen LogP contribution in [-0.2, 0) is 11.0 Å². The van der Waals surface area contributed by atoms with Gasteiger partial charge in [0.2, 0.25) is 5.91 Å². The minimum absolute atomic E-state index is 0.376. The predicted molar refractivity (Wildman–Crippen MR) is 54.0 cm³/mol. The van der Waals surface area contributed by atoms with Gasteiger partial charge in [0.15, 0.2) is 0 Å². The number of alkyl halides is 3. The lowest BCUT2D eigenvalue weighted by atomic mass is 10.1. The van der Waals surface area contributed by atoms with Crippen LogP contribution in [0, 0.1) is 0 Å². The molecule has 5 nitrogen and oxygen atoms in total. The van der Waals surface area contributed by atoms with E-state index < -0.39 is 36.4 Å². The molecule has 1 rings (SSSR count).